The van der Waals surface area contributed by atoms with E-state index in [0.29, 0.717) is 37.1 Å². The van der Waals surface area contributed by atoms with E-state index in [9.17, 15) is 27.5 Å². The molecule has 1 aromatic rings. The van der Waals surface area contributed by atoms with Gasteiger partial charge in [-0.05, 0) is 74.9 Å². The van der Waals surface area contributed by atoms with Gasteiger partial charge in [-0.15, -0.1) is 0 Å². The van der Waals surface area contributed by atoms with E-state index < -0.39 is 45.0 Å². The molecule has 0 bridgehead atoms. The summed E-state index contributed by atoms with van der Waals surface area (Å²) in [5.74, 6) is -1.90. The average Bonchev–Trinajstić information content (AvgIpc) is 3.75. The van der Waals surface area contributed by atoms with Gasteiger partial charge in [-0.3, -0.25) is 4.79 Å². The Hall–Kier alpha value is -2.80. The molecule has 3 aliphatic rings. The number of carbonyl (C=O) groups is 2. The van der Waals surface area contributed by atoms with Crippen LogP contribution in [0.25, 0.3) is 6.08 Å². The van der Waals surface area contributed by atoms with E-state index in [2.05, 4.69) is 9.62 Å². The van der Waals surface area contributed by atoms with Crippen molar-refractivity contribution in [1.29, 1.82) is 0 Å². The van der Waals surface area contributed by atoms with Gasteiger partial charge in [-0.2, -0.15) is 0 Å². The molecule has 1 saturated carbocycles. The van der Waals surface area contributed by atoms with E-state index in [1.807, 2.05) is 33.0 Å². The van der Waals surface area contributed by atoms with Crippen molar-refractivity contribution in [3.63, 3.8) is 0 Å². The molecule has 12 heteroatoms. The number of likely N-dealkylation sites (N-methyl/N-ethyl adjacent to an activating group) is 1. The van der Waals surface area contributed by atoms with Crippen LogP contribution in [-0.2, 0) is 24.3 Å². The van der Waals surface area contributed by atoms with E-state index >= 15 is 0 Å². The molecule has 2 heterocycles. The normalized spacial score (nSPS) is 29.3. The fraction of sp³-hybridized carbons (Fsp3) is 0.613. The highest BCUT2D eigenvalue weighted by Gasteiger charge is 2.31. The number of ether oxygens (including phenoxy) is 2. The van der Waals surface area contributed by atoms with E-state index in [4.69, 9.17) is 9.47 Å². The van der Waals surface area contributed by atoms with Crippen LogP contribution < -0.4 is 4.72 Å². The monoisotopic (exact) mass is 621 g/mol. The first-order chi connectivity index (χ1) is 20.3. The zero-order valence-corrected chi connectivity index (χ0v) is 26.2. The zero-order valence-electron chi connectivity index (χ0n) is 25.4. The van der Waals surface area contributed by atoms with Crippen molar-refractivity contribution in [2.24, 2.45) is 11.8 Å². The zero-order chi connectivity index (χ0) is 31.3. The summed E-state index contributed by atoms with van der Waals surface area (Å²) in [6.45, 7) is 8.27. The quantitative estimate of drug-likeness (QED) is 0.364. The summed E-state index contributed by atoms with van der Waals surface area (Å²) in [6, 6.07) is 3.73. The highest BCUT2D eigenvalue weighted by Crippen LogP contribution is 2.27. The second-order valence-corrected chi connectivity index (χ2v) is 13.9. The van der Waals surface area contributed by atoms with Crippen molar-refractivity contribution in [2.75, 3.05) is 33.2 Å². The number of carbonyl (C=O) groups excluding carboxylic acids is 2. The van der Waals surface area contributed by atoms with Crippen LogP contribution in [0.3, 0.4) is 0 Å². The largest absolute Gasteiger partial charge is 0.457 e. The first kappa shape index (κ1) is 33.1. The maximum Gasteiger partial charge on any atom is 0.410 e. The SMILES string of the molecule is C/C(=C\c1ccc(S(=O)(=O)NC2CC2)c(F)c1)[C@H]1OC(=O)C[C@H](O)CC[C@H](C)[C@@H](OC(=O)N2CCN(C)CC2)/C=C/[C@@H]1C. The number of hydrogen-bond acceptors (Lipinski definition) is 8. The molecule has 4 rings (SSSR count). The number of benzene rings is 1. The van der Waals surface area contributed by atoms with Crippen LogP contribution in [0.1, 0.15) is 58.4 Å². The maximum atomic E-state index is 14.9. The second kappa shape index (κ2) is 14.3. The first-order valence-corrected chi connectivity index (χ1v) is 16.5. The molecule has 2 fully saturated rings. The molecule has 1 aromatic carbocycles. The Morgan fingerprint density at radius 2 is 1.81 bits per heavy atom. The number of amides is 1. The molecule has 5 atom stereocenters. The van der Waals surface area contributed by atoms with E-state index in [-0.39, 0.29) is 30.4 Å². The Labute approximate surface area is 253 Å². The van der Waals surface area contributed by atoms with Gasteiger partial charge in [0.1, 0.15) is 22.9 Å². The third kappa shape index (κ3) is 9.34. The average molecular weight is 622 g/mol. The lowest BCUT2D eigenvalue weighted by Crippen LogP contribution is -2.48. The van der Waals surface area contributed by atoms with Crippen LogP contribution in [-0.4, -0.2) is 93.0 Å². The Morgan fingerprint density at radius 1 is 1.12 bits per heavy atom. The molecule has 0 unspecified atom stereocenters. The van der Waals surface area contributed by atoms with Crippen LogP contribution in [0.2, 0.25) is 0 Å². The lowest BCUT2D eigenvalue weighted by molar-refractivity contribution is -0.151. The smallest absolute Gasteiger partial charge is 0.410 e. The third-order valence-electron chi connectivity index (χ3n) is 8.24. The molecule has 1 saturated heterocycles. The first-order valence-electron chi connectivity index (χ1n) is 15.0. The van der Waals surface area contributed by atoms with Gasteiger partial charge in [0.15, 0.2) is 0 Å². The number of aliphatic hydroxyl groups excluding tert-OH is 1. The van der Waals surface area contributed by atoms with Gasteiger partial charge in [-0.25, -0.2) is 22.3 Å². The molecule has 238 valence electrons. The molecule has 2 N–H and O–H groups in total. The number of rotatable bonds is 6. The number of halogens is 1. The van der Waals surface area contributed by atoms with E-state index in [0.717, 1.165) is 32.0 Å². The number of aliphatic hydroxyl groups is 1. The Balaban J connectivity index is 1.54. The predicted molar refractivity (Wildman–Crippen MR) is 160 cm³/mol. The number of piperazine rings is 1. The summed E-state index contributed by atoms with van der Waals surface area (Å²) in [5.41, 5.74) is 1.01. The molecule has 0 aromatic heterocycles. The van der Waals surface area contributed by atoms with E-state index in [1.165, 1.54) is 12.1 Å². The van der Waals surface area contributed by atoms with Gasteiger partial charge in [0.25, 0.3) is 0 Å². The van der Waals surface area contributed by atoms with Crippen molar-refractivity contribution < 1.29 is 37.0 Å². The Morgan fingerprint density at radius 3 is 2.47 bits per heavy atom. The topological polar surface area (TPSA) is 125 Å². The minimum atomic E-state index is -3.95. The fourth-order valence-corrected chi connectivity index (χ4v) is 6.65. The number of sulfonamides is 1. The van der Waals surface area contributed by atoms with Gasteiger partial charge < -0.3 is 24.4 Å². The van der Waals surface area contributed by atoms with Crippen molar-refractivity contribution in [3.8, 4) is 0 Å². The summed E-state index contributed by atoms with van der Waals surface area (Å²) in [4.78, 5) is 29.2. The number of esters is 1. The van der Waals surface area contributed by atoms with Crippen molar-refractivity contribution in [3.05, 3.63) is 47.3 Å². The highest BCUT2D eigenvalue weighted by atomic mass is 32.2. The Kier molecular flexibility index (Phi) is 11.0. The predicted octanol–water partition coefficient (Wildman–Crippen LogP) is 3.71. The molecule has 10 nitrogen and oxygen atoms in total. The lowest BCUT2D eigenvalue weighted by Gasteiger charge is -2.33. The van der Waals surface area contributed by atoms with Gasteiger partial charge in [0.2, 0.25) is 10.0 Å². The van der Waals surface area contributed by atoms with Gasteiger partial charge >= 0.3 is 12.1 Å². The minimum absolute atomic E-state index is 0.104. The number of nitrogens with zero attached hydrogens (tertiary/aromatic N) is 2. The number of hydrogen-bond donors (Lipinski definition) is 2. The van der Waals surface area contributed by atoms with Crippen LogP contribution in [0.5, 0.6) is 0 Å². The molecule has 1 aliphatic carbocycles. The minimum Gasteiger partial charge on any atom is -0.457 e. The molecule has 0 radical (unpaired) electrons. The highest BCUT2D eigenvalue weighted by molar-refractivity contribution is 7.89. The molecule has 0 spiro atoms. The number of cyclic esters (lactones) is 1. The van der Waals surface area contributed by atoms with Crippen LogP contribution in [0, 0.1) is 17.7 Å². The lowest BCUT2D eigenvalue weighted by atomic mass is 9.91. The summed E-state index contributed by atoms with van der Waals surface area (Å²) in [7, 11) is -1.94. The third-order valence-corrected chi connectivity index (χ3v) is 9.80. The van der Waals surface area contributed by atoms with Gasteiger partial charge in [-0.1, -0.05) is 32.1 Å². The summed E-state index contributed by atoms with van der Waals surface area (Å²) >= 11 is 0. The maximum absolute atomic E-state index is 14.9. The summed E-state index contributed by atoms with van der Waals surface area (Å²) in [5, 5.41) is 10.5. The van der Waals surface area contributed by atoms with Crippen molar-refractivity contribution in [2.45, 2.75) is 82.1 Å². The fourth-order valence-electron chi connectivity index (χ4n) is 5.28. The van der Waals surface area contributed by atoms with Crippen molar-refractivity contribution >= 4 is 28.2 Å². The summed E-state index contributed by atoms with van der Waals surface area (Å²) in [6.07, 6.45) is 4.89. The molecular weight excluding hydrogens is 577 g/mol. The Bertz CT molecular complexity index is 1320. The van der Waals surface area contributed by atoms with Crippen molar-refractivity contribution in [1.82, 2.24) is 14.5 Å². The van der Waals surface area contributed by atoms with Gasteiger partial charge in [0, 0.05) is 38.1 Å². The standard InChI is InChI=1S/C31H44FN3O7S/c1-20-5-10-25(36)19-29(37)42-30(21(2)6-11-27(20)41-31(38)35-15-13-34(4)14-16-35)22(3)17-23-7-12-28(26(32)18-23)43(39,40)33-24-8-9-24/h6-7,11-12,17-18,20-21,24-25,27,30,33,36H,5,8-10,13-16,19H2,1-4H3/b11-6+,22-17+/t20-,21-,25+,27-,30-/m0/s1. The second-order valence-electron chi connectivity index (χ2n) is 12.2. The van der Waals surface area contributed by atoms with Crippen LogP contribution >= 0.6 is 0 Å². The molecule has 2 aliphatic heterocycles. The van der Waals surface area contributed by atoms with E-state index in [1.54, 1.807) is 17.9 Å². The van der Waals surface area contributed by atoms with Crippen LogP contribution in [0.15, 0.2) is 40.8 Å². The molecule has 1 amide bonds. The molecular formula is C31H44FN3O7S. The van der Waals surface area contributed by atoms with Gasteiger partial charge in [0.05, 0.1) is 12.5 Å². The molecule has 43 heavy (non-hydrogen) atoms. The number of nitrogens with one attached hydrogen (secondary N) is 1. The summed E-state index contributed by atoms with van der Waals surface area (Å²) < 4.78 is 54.1. The van der Waals surface area contributed by atoms with Crippen LogP contribution in [0.4, 0.5) is 9.18 Å².